The second kappa shape index (κ2) is 6.48. The third kappa shape index (κ3) is 4.25. The number of nitrogens with one attached hydrogen (secondary N) is 1. The van der Waals surface area contributed by atoms with Gasteiger partial charge < -0.3 is 9.57 Å². The number of benzene rings is 1. The summed E-state index contributed by atoms with van der Waals surface area (Å²) in [6.07, 6.45) is -0.155. The van der Waals surface area contributed by atoms with Crippen LogP contribution < -0.4 is 16.2 Å². The molecule has 0 fully saturated rings. The van der Waals surface area contributed by atoms with Crippen LogP contribution in [0.3, 0.4) is 0 Å². The minimum Gasteiger partial charge on any atom is -0.490 e. The lowest BCUT2D eigenvalue weighted by Crippen LogP contribution is -2.27. The molecule has 17 heavy (non-hydrogen) atoms. The molecule has 0 aliphatic carbocycles. The van der Waals surface area contributed by atoms with Crippen molar-refractivity contribution in [2.45, 2.75) is 6.42 Å². The highest BCUT2D eigenvalue weighted by atomic mass is 79.9. The van der Waals surface area contributed by atoms with Crippen LogP contribution in [0.4, 0.5) is 8.78 Å². The number of rotatable bonds is 5. The van der Waals surface area contributed by atoms with Crippen LogP contribution in [0, 0.1) is 11.6 Å². The van der Waals surface area contributed by atoms with E-state index in [9.17, 15) is 13.6 Å². The van der Waals surface area contributed by atoms with Crippen LogP contribution >= 0.6 is 15.9 Å². The summed E-state index contributed by atoms with van der Waals surface area (Å²) < 4.78 is 31.4. The Bertz CT molecular complexity index is 417. The second-order valence-corrected chi connectivity index (χ2v) is 3.81. The van der Waals surface area contributed by atoms with Crippen LogP contribution in [0.1, 0.15) is 6.42 Å². The molecule has 1 aromatic rings. The van der Waals surface area contributed by atoms with Crippen LogP contribution in [0.25, 0.3) is 0 Å². The fourth-order valence-electron chi connectivity index (χ4n) is 0.998. The molecule has 94 valence electrons. The van der Waals surface area contributed by atoms with Gasteiger partial charge in [-0.25, -0.2) is 10.2 Å². The van der Waals surface area contributed by atoms with Crippen LogP contribution in [0.5, 0.6) is 5.75 Å². The van der Waals surface area contributed by atoms with Crippen molar-refractivity contribution in [1.29, 1.82) is 0 Å². The maximum absolute atomic E-state index is 13.2. The molecule has 0 saturated carbocycles. The number of nitrogens with two attached hydrogens (primary N) is 1. The summed E-state index contributed by atoms with van der Waals surface area (Å²) in [5.41, 5.74) is 1.70. The highest BCUT2D eigenvalue weighted by molar-refractivity contribution is 9.10. The van der Waals surface area contributed by atoms with E-state index in [1.165, 1.54) is 6.07 Å². The monoisotopic (exact) mass is 310 g/mol. The number of hydrazine groups is 1. The molecule has 0 spiro atoms. The van der Waals surface area contributed by atoms with Gasteiger partial charge in [0.15, 0.2) is 11.6 Å². The zero-order valence-electron chi connectivity index (χ0n) is 8.50. The molecule has 0 aliphatic rings. The molecule has 0 heterocycles. The highest BCUT2D eigenvalue weighted by Gasteiger charge is 2.12. The maximum atomic E-state index is 13.2. The van der Waals surface area contributed by atoms with E-state index in [4.69, 9.17) is 10.6 Å². The standard InChI is InChI=1S/C9H9BrF2N2O3/c10-5-3-6(11)9(12)7(4-5)16-2-1-8(15)17-14-13/h3-4,14H,1-2,13H2. The summed E-state index contributed by atoms with van der Waals surface area (Å²) in [6.45, 7) is -0.159. The molecule has 0 saturated heterocycles. The van der Waals surface area contributed by atoms with Crippen molar-refractivity contribution in [3.63, 3.8) is 0 Å². The topological polar surface area (TPSA) is 73.6 Å². The van der Waals surface area contributed by atoms with E-state index in [0.717, 1.165) is 6.07 Å². The predicted octanol–water partition coefficient (Wildman–Crippen LogP) is 1.42. The lowest BCUT2D eigenvalue weighted by atomic mass is 10.3. The summed E-state index contributed by atoms with van der Waals surface area (Å²) >= 11 is 2.99. The average Bonchev–Trinajstić information content (AvgIpc) is 2.25. The summed E-state index contributed by atoms with van der Waals surface area (Å²) in [5.74, 6) is 1.61. The summed E-state index contributed by atoms with van der Waals surface area (Å²) in [5, 5.41) is 0. The van der Waals surface area contributed by atoms with Gasteiger partial charge in [-0.15, -0.1) is 0 Å². The smallest absolute Gasteiger partial charge is 0.329 e. The van der Waals surface area contributed by atoms with E-state index in [0.29, 0.717) is 4.47 Å². The third-order valence-electron chi connectivity index (χ3n) is 1.70. The van der Waals surface area contributed by atoms with Crippen molar-refractivity contribution < 1.29 is 23.1 Å². The van der Waals surface area contributed by atoms with Gasteiger partial charge in [0, 0.05) is 4.47 Å². The Morgan fingerprint density at radius 1 is 1.47 bits per heavy atom. The van der Waals surface area contributed by atoms with Gasteiger partial charge >= 0.3 is 5.97 Å². The van der Waals surface area contributed by atoms with Crippen molar-refractivity contribution in [2.24, 2.45) is 5.84 Å². The Morgan fingerprint density at radius 2 is 2.18 bits per heavy atom. The molecule has 0 aliphatic heterocycles. The number of ether oxygens (including phenoxy) is 1. The Kier molecular flexibility index (Phi) is 5.26. The number of halogens is 3. The Hall–Kier alpha value is -1.25. The molecule has 5 nitrogen and oxygen atoms in total. The van der Waals surface area contributed by atoms with Gasteiger partial charge in [-0.2, -0.15) is 4.39 Å². The Labute approximate surface area is 104 Å². The molecule has 0 unspecified atom stereocenters. The van der Waals surface area contributed by atoms with Crippen LogP contribution in [0.2, 0.25) is 0 Å². The molecule has 1 rings (SSSR count). The van der Waals surface area contributed by atoms with Crippen LogP contribution in [-0.4, -0.2) is 12.6 Å². The average molecular weight is 311 g/mol. The molecule has 0 amide bonds. The fourth-order valence-corrected chi connectivity index (χ4v) is 1.41. The molecule has 8 heteroatoms. The molecule has 0 aromatic heterocycles. The van der Waals surface area contributed by atoms with E-state index in [2.05, 4.69) is 20.8 Å². The van der Waals surface area contributed by atoms with Crippen LogP contribution in [0.15, 0.2) is 16.6 Å². The van der Waals surface area contributed by atoms with Crippen LogP contribution in [-0.2, 0) is 9.63 Å². The number of hydrogen-bond donors (Lipinski definition) is 2. The van der Waals surface area contributed by atoms with Gasteiger partial charge in [-0.1, -0.05) is 21.5 Å². The lowest BCUT2D eigenvalue weighted by Gasteiger charge is -2.07. The van der Waals surface area contributed by atoms with E-state index < -0.39 is 17.6 Å². The molecule has 0 bridgehead atoms. The first-order valence-electron chi connectivity index (χ1n) is 4.47. The van der Waals surface area contributed by atoms with Crippen molar-refractivity contribution in [3.8, 4) is 5.75 Å². The first-order chi connectivity index (χ1) is 8.04. The molecule has 0 atom stereocenters. The first-order valence-corrected chi connectivity index (χ1v) is 5.26. The minimum atomic E-state index is -1.11. The number of carbonyl (C=O) groups excluding carboxylic acids is 1. The quantitative estimate of drug-likeness (QED) is 0.489. The Balaban J connectivity index is 2.55. The molecular weight excluding hydrogens is 302 g/mol. The fraction of sp³-hybridized carbons (Fsp3) is 0.222. The van der Waals surface area contributed by atoms with E-state index >= 15 is 0 Å². The van der Waals surface area contributed by atoms with Crippen molar-refractivity contribution in [1.82, 2.24) is 5.59 Å². The number of hydrogen-bond acceptors (Lipinski definition) is 5. The SMILES string of the molecule is NNOC(=O)CCOc1cc(Br)cc(F)c1F. The predicted molar refractivity (Wildman–Crippen MR) is 57.6 cm³/mol. The van der Waals surface area contributed by atoms with Gasteiger partial charge in [0.05, 0.1) is 13.0 Å². The van der Waals surface area contributed by atoms with E-state index in [1.807, 2.05) is 0 Å². The summed E-state index contributed by atoms with van der Waals surface area (Å²) in [7, 11) is 0. The molecule has 0 radical (unpaired) electrons. The molecule has 1 aromatic carbocycles. The summed E-state index contributed by atoms with van der Waals surface area (Å²) in [6, 6.07) is 2.22. The molecule has 3 N–H and O–H groups in total. The second-order valence-electron chi connectivity index (χ2n) is 2.89. The highest BCUT2D eigenvalue weighted by Crippen LogP contribution is 2.25. The zero-order chi connectivity index (χ0) is 12.8. The van der Waals surface area contributed by atoms with Gasteiger partial charge in [0.2, 0.25) is 5.82 Å². The van der Waals surface area contributed by atoms with Gasteiger partial charge in [0.1, 0.15) is 0 Å². The van der Waals surface area contributed by atoms with Crippen molar-refractivity contribution in [3.05, 3.63) is 28.2 Å². The minimum absolute atomic E-state index is 0.155. The third-order valence-corrected chi connectivity index (χ3v) is 2.15. The maximum Gasteiger partial charge on any atom is 0.329 e. The first kappa shape index (κ1) is 13.8. The zero-order valence-corrected chi connectivity index (χ0v) is 10.1. The van der Waals surface area contributed by atoms with E-state index in [1.54, 1.807) is 5.59 Å². The normalized spacial score (nSPS) is 10.1. The lowest BCUT2D eigenvalue weighted by molar-refractivity contribution is -0.151. The molecular formula is C9H9BrF2N2O3. The van der Waals surface area contributed by atoms with Gasteiger partial charge in [0.25, 0.3) is 0 Å². The largest absolute Gasteiger partial charge is 0.490 e. The van der Waals surface area contributed by atoms with Crippen molar-refractivity contribution >= 4 is 21.9 Å². The summed E-state index contributed by atoms with van der Waals surface area (Å²) in [4.78, 5) is 15.0. The number of carbonyl (C=O) groups is 1. The van der Waals surface area contributed by atoms with Crippen molar-refractivity contribution in [2.75, 3.05) is 6.61 Å². The van der Waals surface area contributed by atoms with Gasteiger partial charge in [-0.3, -0.25) is 4.79 Å². The van der Waals surface area contributed by atoms with Gasteiger partial charge in [-0.05, 0) is 12.1 Å². The Morgan fingerprint density at radius 3 is 2.82 bits per heavy atom. The van der Waals surface area contributed by atoms with E-state index in [-0.39, 0.29) is 18.8 Å².